The van der Waals surface area contributed by atoms with Crippen LogP contribution in [0.25, 0.3) is 0 Å². The second-order valence-corrected chi connectivity index (χ2v) is 64.3. The molecular formula is C84H141N14O24P6S+. The third kappa shape index (κ3) is 30.9. The van der Waals surface area contributed by atoms with E-state index in [-0.39, 0.29) is 35.8 Å². The van der Waals surface area contributed by atoms with Gasteiger partial charge in [-0.2, -0.15) is 14.2 Å². The van der Waals surface area contributed by atoms with E-state index < -0.39 is 194 Å². The normalized spacial score (nSPS) is 32.5. The average Bonchev–Trinajstić information content (AvgIpc) is 1.67. The van der Waals surface area contributed by atoms with Crippen molar-refractivity contribution >= 4 is 126 Å². The third-order valence-electron chi connectivity index (χ3n) is 22.3. The SMILES string of the molecule is C=C1NC(=O)C(C)=CN1[C@@H]1O[C@H](CCP(=C)(C)C)[C@@H](O)[C@H]1O.C=C1NC(=O)C=NN1[C@@H]1O[C@H](CCP(=C)(C)C)[C@@H](O)[C@H]1O.C=C1NC(=O)N(C)C=C1[C@@H]1O[C@H](CCP(=C)(C)C)[C@@H](O)[C@H]1O.C=C1NC(=O)NC=C1[C@@H]1O[C@H](CCP(=C)(C)C)[C@@H](O)[C@H]1O.C=C1NC(=S)C=CN1[C@@H]1O[C@H](CCP(=C)(C)C)[C@@H](O)[C@H]1O.C=P(C)(C)CC[C@H]1O[C@@H]([n+]2c[nH]c(=O)n(C)c2=O)[C@H](O)[C@@H]1O. The summed E-state index contributed by atoms with van der Waals surface area (Å²) in [7, 11) is 2.93. The minimum Gasteiger partial charge on any atom is -0.388 e. The number of nitrogens with one attached hydrogen (secondary N) is 7. The van der Waals surface area contributed by atoms with Crippen LogP contribution in [0.2, 0.25) is 0 Å². The van der Waals surface area contributed by atoms with Gasteiger partial charge in [0.1, 0.15) is 114 Å². The number of nitrogens with zero attached hydrogens (tertiary/aromatic N) is 7. The lowest BCUT2D eigenvalue weighted by atomic mass is 9.99. The Morgan fingerprint density at radius 2 is 0.829 bits per heavy atom. The summed E-state index contributed by atoms with van der Waals surface area (Å²) in [6.07, 6.45) is 24.3. The van der Waals surface area contributed by atoms with Crippen molar-refractivity contribution in [3.05, 3.63) is 137 Å². The lowest BCUT2D eigenvalue weighted by Crippen LogP contribution is -2.62. The van der Waals surface area contributed by atoms with E-state index in [2.05, 4.69) is 193 Å². The second kappa shape index (κ2) is 45.4. The summed E-state index contributed by atoms with van der Waals surface area (Å²) in [5.41, 5.74) is 1.21. The number of ether oxygens (including phenoxy) is 6. The highest BCUT2D eigenvalue weighted by Gasteiger charge is 2.52. The average molecular weight is 1950 g/mol. The first-order chi connectivity index (χ1) is 59.4. The number of carbonyl (C=O) groups excluding carboxylic acids is 4. The number of hydrogen-bond acceptors (Lipinski definition) is 29. The largest absolute Gasteiger partial charge is 0.450 e. The standard InChI is InChI=1S/2C15H25N2O4P.C14H23N2O4P.C14H23N2O3PS.C13H22N3O5P.C13H22N3O4P/c1-9-10(8-17(2)15(20)16-9)14-13(19)12(18)11(21-14)6-7-22(3,4)5;1-9-8-17(10(2)16-14(9)20)15-13(19)12(18)11(21-15)6-7-22(3,4)5;1-8-9(7-15-14(19)16-8)13-12(18)11(17)10(20-13)5-6-21(2,3)4;1-9-15-11(21)5-7-16(9)14-13(18)12(17)10(19-14)6-8-20(2,3)4;1-15-12(19)14-7-16(13(15)20)11-10(18)9(17)8(21-11)5-6-22(2,3)4;1-8-15-10(17)7-14-16(8)13-12(19)11(18)9(20-13)5-6-21(2,3)4/h8,11-14,18-19H,1,3,6-7H2,2,4-5H3,(H,16,20);8,11-13,15,18-19H,2-3,6-7H2,1,4-5H3,(H,16,20);7,10-13,17-18H,1-2,5-6H2,3-4H3,(H2,15,16,19);5,7,10,12-14,17-18H,1-2,6,8H2,3-4H3,(H,15,21);7-11,17-18H,2,5-6H2,1,3-4H3;7,9,11-13,18-19H,1-2,5-6H2,3-4H3,(H,15,17)/p+1/t11-,12-,13-,14+;11-,12-,13-,15-;10-,11-,12-,13+;10-,12-,13-,14-;8-,9-,10-,11-;9-,11-,12-,13-/m111111/s1. The van der Waals surface area contributed by atoms with Gasteiger partial charge in [-0.1, -0.05) is 45.1 Å². The van der Waals surface area contributed by atoms with Crippen LogP contribution in [0.1, 0.15) is 51.7 Å². The number of rotatable bonds is 24. The zero-order chi connectivity index (χ0) is 97.3. The molecule has 0 bridgehead atoms. The summed E-state index contributed by atoms with van der Waals surface area (Å²) >= 11 is 5.03. The Labute approximate surface area is 762 Å². The summed E-state index contributed by atoms with van der Waals surface area (Å²) in [6.45, 7) is 38.5. The molecule has 38 nitrogen and oxygen atoms in total. The van der Waals surface area contributed by atoms with Gasteiger partial charge in [-0.05, 0) is 168 Å². The van der Waals surface area contributed by atoms with E-state index in [1.54, 1.807) is 48.4 Å². The van der Waals surface area contributed by atoms with Crippen LogP contribution in [0.5, 0.6) is 0 Å². The zero-order valence-corrected chi connectivity index (χ0v) is 82.8. The van der Waals surface area contributed by atoms with Crippen LogP contribution in [0.3, 0.4) is 0 Å². The molecule has 726 valence electrons. The Morgan fingerprint density at radius 3 is 1.26 bits per heavy atom. The number of urea groups is 2. The van der Waals surface area contributed by atoms with Crippen LogP contribution >= 0.6 is 53.5 Å². The van der Waals surface area contributed by atoms with Gasteiger partial charge in [0.15, 0.2) is 25.0 Å². The van der Waals surface area contributed by atoms with E-state index in [1.165, 1.54) is 23.2 Å². The monoisotopic (exact) mass is 1950 g/mol. The number of hydrogen-bond donors (Lipinski definition) is 19. The topological polar surface area (TPSA) is 523 Å². The van der Waals surface area contributed by atoms with Gasteiger partial charge in [0, 0.05) is 60.0 Å². The van der Waals surface area contributed by atoms with Crippen molar-refractivity contribution in [1.29, 1.82) is 0 Å². The number of aliphatic hydroxyl groups excluding tert-OH is 12. The third-order valence-corrected chi connectivity index (χ3v) is 31.4. The minimum absolute atomic E-state index is 0.212. The van der Waals surface area contributed by atoms with Gasteiger partial charge in [-0.25, -0.2) is 29.2 Å². The highest BCUT2D eigenvalue weighted by atomic mass is 32.1. The van der Waals surface area contributed by atoms with E-state index in [4.69, 9.17) is 40.6 Å². The molecule has 12 rings (SSSR count). The quantitative estimate of drug-likeness (QED) is 0.0352. The smallest absolute Gasteiger partial charge is 0.388 e. The summed E-state index contributed by atoms with van der Waals surface area (Å²) in [6, 6.07) is -0.668. The van der Waals surface area contributed by atoms with Crippen LogP contribution in [0.15, 0.2) is 130 Å². The lowest BCUT2D eigenvalue weighted by Gasteiger charge is -2.34. The number of amides is 6. The van der Waals surface area contributed by atoms with E-state index in [1.807, 2.05) is 0 Å². The van der Waals surface area contributed by atoms with Gasteiger partial charge >= 0.3 is 23.4 Å². The molecule has 11 aliphatic rings. The van der Waals surface area contributed by atoms with Gasteiger partial charge in [-0.15, -0.1) is 79.1 Å². The Kier molecular flexibility index (Phi) is 38.7. The summed E-state index contributed by atoms with van der Waals surface area (Å²) < 4.78 is 36.7. The maximum Gasteiger partial charge on any atom is 0.450 e. The molecule has 45 heteroatoms. The van der Waals surface area contributed by atoms with Crippen molar-refractivity contribution in [3.8, 4) is 0 Å². The van der Waals surface area contributed by atoms with Crippen molar-refractivity contribution in [3.63, 3.8) is 0 Å². The first kappa shape index (κ1) is 110. The van der Waals surface area contributed by atoms with E-state index in [9.17, 15) is 90.0 Å². The summed E-state index contributed by atoms with van der Waals surface area (Å²) in [5, 5.41) is 143. The molecule has 6 amide bonds. The number of aromatic amines is 1. The van der Waals surface area contributed by atoms with Gasteiger partial charge in [-0.3, -0.25) is 9.59 Å². The molecule has 1 aromatic rings. The summed E-state index contributed by atoms with van der Waals surface area (Å²) in [4.78, 5) is 76.4. The molecule has 12 heterocycles. The van der Waals surface area contributed by atoms with Crippen molar-refractivity contribution in [2.24, 2.45) is 12.1 Å². The van der Waals surface area contributed by atoms with E-state index in [0.29, 0.717) is 83.3 Å². The van der Waals surface area contributed by atoms with Crippen molar-refractivity contribution in [2.45, 2.75) is 192 Å². The van der Waals surface area contributed by atoms with Crippen molar-refractivity contribution in [2.75, 3.05) is 124 Å². The number of H-pyrrole nitrogens is 1. The highest BCUT2D eigenvalue weighted by Crippen LogP contribution is 2.45. The zero-order valence-electron chi connectivity index (χ0n) is 76.6. The Morgan fingerprint density at radius 1 is 0.450 bits per heavy atom. The minimum atomic E-state index is -1.27. The molecular weight excluding hydrogens is 1810 g/mol. The Balaban J connectivity index is 0.000000212. The van der Waals surface area contributed by atoms with Crippen LogP contribution in [-0.2, 0) is 45.1 Å². The van der Waals surface area contributed by atoms with Gasteiger partial charge in [0.25, 0.3) is 11.8 Å². The molecule has 0 aliphatic carbocycles. The van der Waals surface area contributed by atoms with Crippen LogP contribution in [-0.4, -0.2) is 428 Å². The number of carbonyl (C=O) groups is 4. The molecule has 0 radical (unpaired) electrons. The maximum absolute atomic E-state index is 12.1. The Bertz CT molecular complexity index is 4820. The van der Waals surface area contributed by atoms with E-state index in [0.717, 1.165) is 58.6 Å². The first-order valence-electron chi connectivity index (χ1n) is 41.9. The molecule has 0 saturated carbocycles. The molecule has 0 spiro atoms. The molecule has 6 saturated heterocycles. The number of aliphatic hydroxyl groups is 12. The number of aromatic nitrogens is 3. The fraction of sp³-hybridized carbons (Fsp3) is 0.607. The number of hydrazone groups is 1. The van der Waals surface area contributed by atoms with Gasteiger partial charge < -0.3 is 136 Å². The highest BCUT2D eigenvalue weighted by molar-refractivity contribution is 7.80. The number of thiocarbonyl (C=S) groups is 1. The van der Waals surface area contributed by atoms with Crippen LogP contribution in [0, 0.1) is 0 Å². The lowest BCUT2D eigenvalue weighted by molar-refractivity contribution is -0.783. The van der Waals surface area contributed by atoms with Crippen LogP contribution in [0.4, 0.5) is 9.59 Å². The first-order valence-corrected chi connectivity index (χ1v) is 60.6. The molecule has 0 unspecified atom stereocenters. The maximum atomic E-state index is 12.1. The molecule has 19 N–H and O–H groups in total. The molecule has 11 aliphatic heterocycles. The van der Waals surface area contributed by atoms with Gasteiger partial charge in [0.05, 0.1) is 43.7 Å². The van der Waals surface area contributed by atoms with E-state index >= 15 is 0 Å². The predicted octanol–water partition coefficient (Wildman–Crippen LogP) is -0.497. The molecule has 129 heavy (non-hydrogen) atoms. The molecule has 24 atom stereocenters. The Hall–Kier alpha value is -6.21. The van der Waals surface area contributed by atoms with Gasteiger partial charge in [0.2, 0.25) is 6.23 Å². The van der Waals surface area contributed by atoms with Crippen LogP contribution < -0.4 is 47.8 Å². The molecule has 1 aromatic heterocycles. The fourth-order valence-electron chi connectivity index (χ4n) is 14.7. The van der Waals surface area contributed by atoms with Crippen molar-refractivity contribution in [1.82, 2.24) is 61.2 Å². The van der Waals surface area contributed by atoms with Crippen molar-refractivity contribution < 1.29 is 113 Å². The molecule has 6 fully saturated rings. The summed E-state index contributed by atoms with van der Waals surface area (Å²) in [5.74, 6) is 0.463. The second-order valence-electron chi connectivity index (χ2n) is 37.9. The predicted molar refractivity (Wildman–Crippen MR) is 523 cm³/mol. The fourth-order valence-corrected chi connectivity index (χ4v) is 20.6. The molecule has 0 aromatic carbocycles.